The van der Waals surface area contributed by atoms with Crippen molar-refractivity contribution in [3.8, 4) is 0 Å². The molecule has 6 heteroatoms. The third-order valence-corrected chi connectivity index (χ3v) is 3.99. The predicted molar refractivity (Wildman–Crippen MR) is 64.3 cm³/mol. The minimum atomic E-state index is -3.35. The lowest BCUT2D eigenvalue weighted by Crippen LogP contribution is -2.42. The first kappa shape index (κ1) is 13.8. The number of sulfone groups is 1. The van der Waals surface area contributed by atoms with Crippen LogP contribution in [0.3, 0.4) is 0 Å². The Morgan fingerprint density at radius 1 is 1.47 bits per heavy atom. The molecule has 0 radical (unpaired) electrons. The van der Waals surface area contributed by atoms with E-state index in [0.29, 0.717) is 6.42 Å². The number of amides is 1. The lowest BCUT2D eigenvalue weighted by Gasteiger charge is -2.15. The van der Waals surface area contributed by atoms with Gasteiger partial charge in [-0.15, -0.1) is 0 Å². The van der Waals surface area contributed by atoms with Crippen LogP contribution in [0.1, 0.15) is 19.6 Å². The van der Waals surface area contributed by atoms with Crippen LogP contribution in [0.2, 0.25) is 0 Å². The van der Waals surface area contributed by atoms with E-state index in [2.05, 4.69) is 5.32 Å². The quantitative estimate of drug-likeness (QED) is 0.847. The molecule has 96 valence electrons. The summed E-state index contributed by atoms with van der Waals surface area (Å²) in [6, 6.07) is 3.41. The average Bonchev–Trinajstić information content (AvgIpc) is 2.67. The molecule has 17 heavy (non-hydrogen) atoms. The molecule has 1 aromatic heterocycles. The highest BCUT2D eigenvalue weighted by Gasteiger charge is 2.24. The lowest BCUT2D eigenvalue weighted by molar-refractivity contribution is -0.121. The second-order valence-corrected chi connectivity index (χ2v) is 6.53. The zero-order valence-electron chi connectivity index (χ0n) is 10.1. The van der Waals surface area contributed by atoms with Gasteiger partial charge in [0.1, 0.15) is 11.0 Å². The van der Waals surface area contributed by atoms with Gasteiger partial charge in [0.05, 0.1) is 6.26 Å². The van der Waals surface area contributed by atoms with Gasteiger partial charge in [-0.25, -0.2) is 8.42 Å². The first-order chi connectivity index (χ1) is 7.80. The van der Waals surface area contributed by atoms with Crippen molar-refractivity contribution in [2.75, 3.05) is 6.26 Å². The smallest absolute Gasteiger partial charge is 0.238 e. The Hall–Kier alpha value is -1.30. The van der Waals surface area contributed by atoms with Crippen molar-refractivity contribution in [1.29, 1.82) is 0 Å². The molecule has 0 saturated carbocycles. The van der Waals surface area contributed by atoms with E-state index < -0.39 is 21.0 Å². The number of hydrogen-bond acceptors (Lipinski definition) is 4. The topological polar surface area (TPSA) is 76.4 Å². The Bertz CT molecular complexity index is 464. The summed E-state index contributed by atoms with van der Waals surface area (Å²) >= 11 is 0. The molecule has 1 aromatic rings. The Kier molecular flexibility index (Phi) is 4.34. The van der Waals surface area contributed by atoms with Crippen molar-refractivity contribution < 1.29 is 17.6 Å². The number of furan rings is 1. The van der Waals surface area contributed by atoms with Crippen molar-refractivity contribution in [3.63, 3.8) is 0 Å². The summed E-state index contributed by atoms with van der Waals surface area (Å²) in [6.07, 6.45) is 3.15. The zero-order valence-corrected chi connectivity index (χ0v) is 11.0. The molecule has 1 amide bonds. The molecule has 5 nitrogen and oxygen atoms in total. The highest BCUT2D eigenvalue weighted by Crippen LogP contribution is 2.05. The molecule has 0 fully saturated rings. The second-order valence-electron chi connectivity index (χ2n) is 4.16. The van der Waals surface area contributed by atoms with Gasteiger partial charge in [-0.2, -0.15) is 0 Å². The molecule has 0 aliphatic rings. The molecule has 1 N–H and O–H groups in total. The molecule has 0 aliphatic carbocycles. The van der Waals surface area contributed by atoms with Gasteiger partial charge in [-0.3, -0.25) is 4.79 Å². The van der Waals surface area contributed by atoms with Gasteiger partial charge in [0.15, 0.2) is 9.84 Å². The van der Waals surface area contributed by atoms with Crippen LogP contribution in [0.5, 0.6) is 0 Å². The van der Waals surface area contributed by atoms with Crippen LogP contribution in [0, 0.1) is 0 Å². The minimum absolute atomic E-state index is 0.169. The van der Waals surface area contributed by atoms with Crippen LogP contribution < -0.4 is 5.32 Å². The maximum absolute atomic E-state index is 11.6. The number of hydrogen-bond donors (Lipinski definition) is 1. The summed E-state index contributed by atoms with van der Waals surface area (Å²) < 4.78 is 27.5. The molecule has 0 aromatic carbocycles. The number of carbonyl (C=O) groups excluding carboxylic acids is 1. The molecule has 0 bridgehead atoms. The van der Waals surface area contributed by atoms with Crippen LogP contribution in [0.25, 0.3) is 0 Å². The van der Waals surface area contributed by atoms with Crippen LogP contribution in [0.15, 0.2) is 22.8 Å². The number of rotatable bonds is 5. The maximum Gasteiger partial charge on any atom is 0.238 e. The summed E-state index contributed by atoms with van der Waals surface area (Å²) in [5.41, 5.74) is 0. The third kappa shape index (κ3) is 4.22. The second kappa shape index (κ2) is 5.35. The Labute approximate surface area is 101 Å². The van der Waals surface area contributed by atoms with Crippen molar-refractivity contribution in [1.82, 2.24) is 5.32 Å². The molecule has 0 spiro atoms. The zero-order chi connectivity index (χ0) is 13.1. The summed E-state index contributed by atoms with van der Waals surface area (Å²) in [4.78, 5) is 11.6. The average molecular weight is 259 g/mol. The SMILES string of the molecule is CC(Cc1ccco1)NC(=O)C(C)S(C)(=O)=O. The van der Waals surface area contributed by atoms with E-state index in [1.54, 1.807) is 19.3 Å². The normalized spacial score (nSPS) is 15.2. The van der Waals surface area contributed by atoms with E-state index in [9.17, 15) is 13.2 Å². The van der Waals surface area contributed by atoms with Crippen molar-refractivity contribution >= 4 is 15.7 Å². The van der Waals surface area contributed by atoms with Crippen molar-refractivity contribution in [3.05, 3.63) is 24.2 Å². The highest BCUT2D eigenvalue weighted by molar-refractivity contribution is 7.92. The van der Waals surface area contributed by atoms with E-state index in [0.717, 1.165) is 12.0 Å². The molecule has 0 aliphatic heterocycles. The maximum atomic E-state index is 11.6. The molecule has 2 unspecified atom stereocenters. The standard InChI is InChI=1S/C11H17NO4S/c1-8(7-10-5-4-6-16-10)12-11(13)9(2)17(3,14)15/h4-6,8-9H,7H2,1-3H3,(H,12,13). The van der Waals surface area contributed by atoms with E-state index in [1.165, 1.54) is 6.92 Å². The van der Waals surface area contributed by atoms with Gasteiger partial charge < -0.3 is 9.73 Å². The fourth-order valence-corrected chi connectivity index (χ4v) is 1.79. The van der Waals surface area contributed by atoms with Gasteiger partial charge in [0.25, 0.3) is 0 Å². The Balaban J connectivity index is 2.52. The molecule has 1 heterocycles. The van der Waals surface area contributed by atoms with Crippen LogP contribution in [-0.2, 0) is 21.1 Å². The summed E-state index contributed by atoms with van der Waals surface area (Å²) in [5.74, 6) is 0.274. The first-order valence-corrected chi connectivity index (χ1v) is 7.27. The minimum Gasteiger partial charge on any atom is -0.469 e. The number of nitrogens with one attached hydrogen (secondary N) is 1. The summed E-state index contributed by atoms with van der Waals surface area (Å²) in [7, 11) is -3.35. The monoisotopic (exact) mass is 259 g/mol. The van der Waals surface area contributed by atoms with Gasteiger partial charge in [-0.05, 0) is 26.0 Å². The fraction of sp³-hybridized carbons (Fsp3) is 0.545. The predicted octanol–water partition coefficient (Wildman–Crippen LogP) is 0.760. The van der Waals surface area contributed by atoms with Crippen LogP contribution in [-0.4, -0.2) is 31.9 Å². The third-order valence-electron chi connectivity index (χ3n) is 2.49. The van der Waals surface area contributed by atoms with Crippen molar-refractivity contribution in [2.24, 2.45) is 0 Å². The first-order valence-electron chi connectivity index (χ1n) is 5.32. The van der Waals surface area contributed by atoms with Crippen LogP contribution in [0.4, 0.5) is 0 Å². The summed E-state index contributed by atoms with van der Waals surface area (Å²) in [6.45, 7) is 3.18. The van der Waals surface area contributed by atoms with Gasteiger partial charge in [0, 0.05) is 18.7 Å². The number of carbonyl (C=O) groups is 1. The molecular weight excluding hydrogens is 242 g/mol. The molecule has 2 atom stereocenters. The molecule has 0 saturated heterocycles. The Morgan fingerprint density at radius 2 is 2.12 bits per heavy atom. The molecule has 1 rings (SSSR count). The van der Waals surface area contributed by atoms with E-state index in [-0.39, 0.29) is 6.04 Å². The Morgan fingerprint density at radius 3 is 2.59 bits per heavy atom. The largest absolute Gasteiger partial charge is 0.469 e. The summed E-state index contributed by atoms with van der Waals surface area (Å²) in [5, 5.41) is 1.62. The fourth-order valence-electron chi connectivity index (χ4n) is 1.34. The highest BCUT2D eigenvalue weighted by atomic mass is 32.2. The van der Waals surface area contributed by atoms with Crippen LogP contribution >= 0.6 is 0 Å². The molecular formula is C11H17NO4S. The lowest BCUT2D eigenvalue weighted by atomic mass is 10.2. The van der Waals surface area contributed by atoms with Gasteiger partial charge in [-0.1, -0.05) is 0 Å². The van der Waals surface area contributed by atoms with Gasteiger partial charge in [0.2, 0.25) is 5.91 Å². The van der Waals surface area contributed by atoms with E-state index >= 15 is 0 Å². The van der Waals surface area contributed by atoms with E-state index in [4.69, 9.17) is 4.42 Å². The van der Waals surface area contributed by atoms with Crippen molar-refractivity contribution in [2.45, 2.75) is 31.6 Å². The van der Waals surface area contributed by atoms with Gasteiger partial charge >= 0.3 is 0 Å². The van der Waals surface area contributed by atoms with E-state index in [1.807, 2.05) is 6.07 Å².